The Morgan fingerprint density at radius 1 is 1.00 bits per heavy atom. The molecule has 0 fully saturated rings. The van der Waals surface area contributed by atoms with Crippen molar-refractivity contribution in [3.63, 3.8) is 0 Å². The van der Waals surface area contributed by atoms with Gasteiger partial charge in [-0.25, -0.2) is 14.8 Å². The topological polar surface area (TPSA) is 94.0 Å². The third-order valence-corrected chi connectivity index (χ3v) is 4.79. The molecule has 2 heterocycles. The predicted molar refractivity (Wildman–Crippen MR) is 120 cm³/mol. The van der Waals surface area contributed by atoms with Gasteiger partial charge in [-0.15, -0.1) is 0 Å². The molecule has 0 saturated heterocycles. The van der Waals surface area contributed by atoms with Crippen molar-refractivity contribution in [1.82, 2.24) is 19.7 Å². The highest BCUT2D eigenvalue weighted by atomic mass is 35.5. The number of rotatable bonds is 5. The number of nitrogens with one attached hydrogen (secondary N) is 2. The molecule has 174 valence electrons. The number of halogens is 4. The summed E-state index contributed by atoms with van der Waals surface area (Å²) in [6, 6.07) is 12.2. The van der Waals surface area contributed by atoms with E-state index in [2.05, 4.69) is 25.7 Å². The molecule has 0 atom stereocenters. The molecule has 4 rings (SSSR count). The average molecular weight is 489 g/mol. The van der Waals surface area contributed by atoms with E-state index < -0.39 is 22.8 Å². The van der Waals surface area contributed by atoms with Crippen LogP contribution in [-0.4, -0.2) is 25.8 Å². The van der Waals surface area contributed by atoms with Gasteiger partial charge in [-0.2, -0.15) is 18.3 Å². The van der Waals surface area contributed by atoms with E-state index in [0.717, 1.165) is 12.1 Å². The fourth-order valence-electron chi connectivity index (χ4n) is 2.96. The smallest absolute Gasteiger partial charge is 0.417 e. The third-order valence-electron chi connectivity index (χ3n) is 4.46. The molecular weight excluding hydrogens is 473 g/mol. The molecule has 0 saturated carbocycles. The van der Waals surface area contributed by atoms with Crippen LogP contribution in [0.5, 0.6) is 11.6 Å². The first-order chi connectivity index (χ1) is 16.2. The zero-order chi connectivity index (χ0) is 24.3. The van der Waals surface area contributed by atoms with E-state index in [9.17, 15) is 18.0 Å². The van der Waals surface area contributed by atoms with Crippen LogP contribution in [0.25, 0.3) is 11.4 Å². The quantitative estimate of drug-likeness (QED) is 0.360. The molecule has 12 heteroatoms. The van der Waals surface area contributed by atoms with Crippen molar-refractivity contribution in [2.45, 2.75) is 6.18 Å². The van der Waals surface area contributed by atoms with Crippen LogP contribution < -0.4 is 15.4 Å². The Hall–Kier alpha value is -4.12. The van der Waals surface area contributed by atoms with Crippen molar-refractivity contribution in [1.29, 1.82) is 0 Å². The van der Waals surface area contributed by atoms with Gasteiger partial charge in [0.05, 0.1) is 16.3 Å². The van der Waals surface area contributed by atoms with Gasteiger partial charge in [0.15, 0.2) is 0 Å². The minimum Gasteiger partial charge on any atom is -0.439 e. The summed E-state index contributed by atoms with van der Waals surface area (Å²) >= 11 is 5.60. The minimum absolute atomic E-state index is 0.0651. The van der Waals surface area contributed by atoms with Gasteiger partial charge in [0, 0.05) is 36.8 Å². The predicted octanol–water partition coefficient (Wildman–Crippen LogP) is 5.99. The minimum atomic E-state index is -4.64. The Morgan fingerprint density at radius 2 is 1.76 bits per heavy atom. The zero-order valence-electron chi connectivity index (χ0n) is 17.5. The van der Waals surface area contributed by atoms with Crippen LogP contribution in [0.3, 0.4) is 0 Å². The Labute approximate surface area is 196 Å². The Morgan fingerprint density at radius 3 is 2.47 bits per heavy atom. The number of aromatic nitrogens is 4. The fraction of sp³-hybridized carbons (Fsp3) is 0.0909. The molecule has 2 amide bonds. The first-order valence-corrected chi connectivity index (χ1v) is 10.1. The number of benzene rings is 2. The number of hydrogen-bond acceptors (Lipinski definition) is 5. The number of hydrogen-bond donors (Lipinski definition) is 2. The van der Waals surface area contributed by atoms with Crippen molar-refractivity contribution < 1.29 is 22.7 Å². The standard InChI is InChI=1S/C22H16ClF3N6O2/c1-32-8-7-18(31-32)19-11-20(28-12-27-19)34-15-4-2-3-13(9-15)29-21(33)30-14-5-6-17(23)16(10-14)22(24,25)26/h2-12H,1H3,(H2,29,30,33). The Balaban J connectivity index is 1.44. The molecule has 0 unspecified atom stereocenters. The van der Waals surface area contributed by atoms with Crippen LogP contribution in [0.1, 0.15) is 5.56 Å². The summed E-state index contributed by atoms with van der Waals surface area (Å²) < 4.78 is 46.5. The van der Waals surface area contributed by atoms with E-state index in [4.69, 9.17) is 16.3 Å². The van der Waals surface area contributed by atoms with Crippen LogP contribution in [0.4, 0.5) is 29.3 Å². The molecule has 0 aliphatic rings. The van der Waals surface area contributed by atoms with Crippen molar-refractivity contribution in [2.75, 3.05) is 10.6 Å². The van der Waals surface area contributed by atoms with E-state index in [0.29, 0.717) is 22.8 Å². The highest BCUT2D eigenvalue weighted by molar-refractivity contribution is 6.31. The number of aryl methyl sites for hydroxylation is 1. The van der Waals surface area contributed by atoms with Crippen molar-refractivity contribution in [3.8, 4) is 23.0 Å². The second kappa shape index (κ2) is 9.40. The first-order valence-electron chi connectivity index (χ1n) is 9.72. The van der Waals surface area contributed by atoms with Crippen molar-refractivity contribution >= 4 is 29.0 Å². The van der Waals surface area contributed by atoms with Crippen molar-refractivity contribution in [3.05, 3.63) is 77.7 Å². The molecule has 2 N–H and O–H groups in total. The first kappa shape index (κ1) is 23.1. The number of carbonyl (C=O) groups is 1. The molecule has 4 aromatic rings. The summed E-state index contributed by atoms with van der Waals surface area (Å²) in [7, 11) is 1.79. The van der Waals surface area contributed by atoms with Crippen LogP contribution in [0.15, 0.2) is 67.1 Å². The molecule has 0 aliphatic carbocycles. The molecule has 0 radical (unpaired) electrons. The van der Waals surface area contributed by atoms with Gasteiger partial charge in [0.2, 0.25) is 5.88 Å². The van der Waals surface area contributed by atoms with Gasteiger partial charge < -0.3 is 15.4 Å². The number of alkyl halides is 3. The molecule has 2 aromatic carbocycles. The van der Waals surface area contributed by atoms with E-state index in [1.165, 1.54) is 18.5 Å². The number of ether oxygens (including phenoxy) is 1. The highest BCUT2D eigenvalue weighted by Gasteiger charge is 2.33. The van der Waals surface area contributed by atoms with Crippen LogP contribution in [0, 0.1) is 0 Å². The zero-order valence-corrected chi connectivity index (χ0v) is 18.2. The summed E-state index contributed by atoms with van der Waals surface area (Å²) in [5.74, 6) is 0.632. The molecule has 0 spiro atoms. The van der Waals surface area contributed by atoms with Gasteiger partial charge in [0.1, 0.15) is 17.8 Å². The largest absolute Gasteiger partial charge is 0.439 e. The second-order valence-electron chi connectivity index (χ2n) is 7.02. The third kappa shape index (κ3) is 5.62. The Kier molecular flexibility index (Phi) is 6.37. The number of carbonyl (C=O) groups excluding carboxylic acids is 1. The van der Waals surface area contributed by atoms with Crippen LogP contribution in [0.2, 0.25) is 5.02 Å². The summed E-state index contributed by atoms with van der Waals surface area (Å²) in [4.78, 5) is 20.5. The number of urea groups is 1. The highest BCUT2D eigenvalue weighted by Crippen LogP contribution is 2.36. The monoisotopic (exact) mass is 488 g/mol. The number of amides is 2. The summed E-state index contributed by atoms with van der Waals surface area (Å²) in [6.07, 6.45) is -1.52. The lowest BCUT2D eigenvalue weighted by Crippen LogP contribution is -2.20. The average Bonchev–Trinajstić information content (AvgIpc) is 3.21. The van der Waals surface area contributed by atoms with Crippen LogP contribution in [-0.2, 0) is 13.2 Å². The normalized spacial score (nSPS) is 11.2. The van der Waals surface area contributed by atoms with Gasteiger partial charge in [-0.3, -0.25) is 4.68 Å². The van der Waals surface area contributed by atoms with Crippen LogP contribution >= 0.6 is 11.6 Å². The van der Waals surface area contributed by atoms with E-state index in [-0.39, 0.29) is 11.6 Å². The maximum Gasteiger partial charge on any atom is 0.417 e. The van der Waals surface area contributed by atoms with E-state index >= 15 is 0 Å². The molecule has 34 heavy (non-hydrogen) atoms. The van der Waals surface area contributed by atoms with Gasteiger partial charge in [0.25, 0.3) is 0 Å². The molecule has 0 aliphatic heterocycles. The second-order valence-corrected chi connectivity index (χ2v) is 7.42. The number of nitrogens with zero attached hydrogens (tertiary/aromatic N) is 4. The summed E-state index contributed by atoms with van der Waals surface area (Å²) in [6.45, 7) is 0. The number of anilines is 2. The summed E-state index contributed by atoms with van der Waals surface area (Å²) in [5, 5.41) is 8.71. The molecular formula is C22H16ClF3N6O2. The van der Waals surface area contributed by atoms with E-state index in [1.807, 2.05) is 0 Å². The lowest BCUT2D eigenvalue weighted by Gasteiger charge is -2.13. The molecule has 0 bridgehead atoms. The molecule has 8 nitrogen and oxygen atoms in total. The lowest BCUT2D eigenvalue weighted by molar-refractivity contribution is -0.137. The maximum atomic E-state index is 13.0. The lowest BCUT2D eigenvalue weighted by atomic mass is 10.2. The van der Waals surface area contributed by atoms with Gasteiger partial charge in [-0.1, -0.05) is 17.7 Å². The van der Waals surface area contributed by atoms with Gasteiger partial charge >= 0.3 is 12.2 Å². The molecule has 2 aromatic heterocycles. The van der Waals surface area contributed by atoms with E-state index in [1.54, 1.807) is 48.3 Å². The SMILES string of the molecule is Cn1ccc(-c2cc(Oc3cccc(NC(=O)Nc4ccc(Cl)c(C(F)(F)F)c4)c3)ncn2)n1. The van der Waals surface area contributed by atoms with Gasteiger partial charge in [-0.05, 0) is 36.4 Å². The summed E-state index contributed by atoms with van der Waals surface area (Å²) in [5.41, 5.74) is 0.458. The fourth-order valence-corrected chi connectivity index (χ4v) is 3.18. The van der Waals surface area contributed by atoms with Crippen molar-refractivity contribution in [2.24, 2.45) is 7.05 Å². The maximum absolute atomic E-state index is 13.0. The Bertz CT molecular complexity index is 1340.